The van der Waals surface area contributed by atoms with Crippen LogP contribution in [0.1, 0.15) is 45.3 Å². The summed E-state index contributed by atoms with van der Waals surface area (Å²) >= 11 is 0.831. The molecular weight excluding hydrogens is 408 g/mol. The summed E-state index contributed by atoms with van der Waals surface area (Å²) in [6.45, 7) is 13.8. The number of rotatable bonds is 5. The Bertz CT molecular complexity index is 788. The minimum atomic E-state index is -4.01. The van der Waals surface area contributed by atoms with Crippen LogP contribution in [0.3, 0.4) is 0 Å². The average Bonchev–Trinajstić information content (AvgIpc) is 2.93. The molecule has 1 saturated heterocycles. The summed E-state index contributed by atoms with van der Waals surface area (Å²) in [5.41, 5.74) is -1.32. The maximum atomic E-state index is 12.0. The fourth-order valence-electron chi connectivity index (χ4n) is 2.11. The van der Waals surface area contributed by atoms with Gasteiger partial charge in [0.05, 0.1) is 25.5 Å². The van der Waals surface area contributed by atoms with Gasteiger partial charge in [-0.3, -0.25) is 0 Å². The van der Waals surface area contributed by atoms with Gasteiger partial charge in [-0.15, -0.1) is 11.3 Å². The quantitative estimate of drug-likeness (QED) is 0.676. The Balaban J connectivity index is 2.33. The number of hydrogen-bond donors (Lipinski definition) is 2. The normalized spacial score (nSPS) is 20.6. The zero-order chi connectivity index (χ0) is 20.9. The highest BCUT2D eigenvalue weighted by Crippen LogP contribution is 2.39. The highest BCUT2D eigenvalue weighted by atomic mass is 32.2. The standard InChI is InChI=1S/C16H30N2O6S2Si/c1-14(2,3)27(6,7)24-8-11-12(26(17,20)21)25-13(18-11)16(19)9-22-15(4,5)23-10-16/h19H,8-10H2,1-7H3,(H2,17,20,21). The molecule has 11 heteroatoms. The molecule has 0 amide bonds. The van der Waals surface area contributed by atoms with Crippen molar-refractivity contribution in [3.8, 4) is 0 Å². The van der Waals surface area contributed by atoms with Crippen LogP contribution in [0.25, 0.3) is 0 Å². The van der Waals surface area contributed by atoms with E-state index in [0.717, 1.165) is 11.3 Å². The van der Waals surface area contributed by atoms with Gasteiger partial charge in [-0.1, -0.05) is 20.8 Å². The molecule has 1 aliphatic rings. The van der Waals surface area contributed by atoms with Crippen LogP contribution in [0.15, 0.2) is 4.21 Å². The number of aromatic nitrogens is 1. The second-order valence-corrected chi connectivity index (χ2v) is 16.4. The molecule has 1 aromatic rings. The summed E-state index contributed by atoms with van der Waals surface area (Å²) in [6, 6.07) is 0. The van der Waals surface area contributed by atoms with Crippen LogP contribution in [0.4, 0.5) is 0 Å². The number of aliphatic hydroxyl groups is 1. The van der Waals surface area contributed by atoms with Gasteiger partial charge >= 0.3 is 0 Å². The van der Waals surface area contributed by atoms with Gasteiger partial charge in [-0.05, 0) is 32.0 Å². The Labute approximate surface area is 166 Å². The van der Waals surface area contributed by atoms with Crippen molar-refractivity contribution in [2.75, 3.05) is 13.2 Å². The molecule has 2 rings (SSSR count). The smallest absolute Gasteiger partial charge is 0.249 e. The first-order chi connectivity index (χ1) is 12.0. The van der Waals surface area contributed by atoms with E-state index in [1.165, 1.54) is 0 Å². The van der Waals surface area contributed by atoms with Crippen LogP contribution in [0.5, 0.6) is 0 Å². The molecule has 0 aromatic carbocycles. The molecule has 0 atom stereocenters. The molecule has 27 heavy (non-hydrogen) atoms. The first-order valence-electron chi connectivity index (χ1n) is 8.64. The summed E-state index contributed by atoms with van der Waals surface area (Å²) < 4.78 is 41.1. The summed E-state index contributed by atoms with van der Waals surface area (Å²) in [4.78, 5) is 4.35. The molecule has 1 aliphatic heterocycles. The Morgan fingerprint density at radius 2 is 1.81 bits per heavy atom. The number of hydrogen-bond acceptors (Lipinski definition) is 8. The first kappa shape index (κ1) is 22.9. The zero-order valence-electron chi connectivity index (χ0n) is 17.0. The van der Waals surface area contributed by atoms with Crippen molar-refractivity contribution in [1.29, 1.82) is 0 Å². The lowest BCUT2D eigenvalue weighted by Crippen LogP contribution is -2.49. The van der Waals surface area contributed by atoms with Gasteiger partial charge in [0, 0.05) is 0 Å². The topological polar surface area (TPSA) is 121 Å². The number of primary sulfonamides is 1. The third kappa shape index (κ3) is 5.15. The molecule has 0 aliphatic carbocycles. The lowest BCUT2D eigenvalue weighted by atomic mass is 10.1. The first-order valence-corrected chi connectivity index (χ1v) is 13.9. The number of nitrogens with zero attached hydrogens (tertiary/aromatic N) is 1. The SMILES string of the molecule is CC1(C)OCC(O)(c2nc(CO[Si](C)(C)C(C)(C)C)c(S(N)(=O)=O)s2)CO1. The predicted molar refractivity (Wildman–Crippen MR) is 105 cm³/mol. The van der Waals surface area contributed by atoms with E-state index in [0.29, 0.717) is 0 Å². The highest BCUT2D eigenvalue weighted by molar-refractivity contribution is 7.91. The van der Waals surface area contributed by atoms with Crippen molar-refractivity contribution in [3.63, 3.8) is 0 Å². The summed E-state index contributed by atoms with van der Waals surface area (Å²) in [5.74, 6) is -0.819. The van der Waals surface area contributed by atoms with Crippen molar-refractivity contribution >= 4 is 29.7 Å². The van der Waals surface area contributed by atoms with E-state index in [2.05, 4.69) is 38.8 Å². The predicted octanol–water partition coefficient (Wildman–Crippen LogP) is 2.28. The second kappa shape index (κ2) is 7.13. The Morgan fingerprint density at radius 1 is 1.30 bits per heavy atom. The van der Waals surface area contributed by atoms with Crippen molar-refractivity contribution < 1.29 is 27.4 Å². The fourth-order valence-corrected chi connectivity index (χ4v) is 5.04. The molecule has 1 fully saturated rings. The maximum Gasteiger partial charge on any atom is 0.249 e. The van der Waals surface area contributed by atoms with E-state index in [4.69, 9.17) is 19.0 Å². The lowest BCUT2D eigenvalue weighted by Gasteiger charge is -2.39. The lowest BCUT2D eigenvalue weighted by molar-refractivity contribution is -0.304. The van der Waals surface area contributed by atoms with Gasteiger partial charge in [0.2, 0.25) is 10.0 Å². The van der Waals surface area contributed by atoms with E-state index in [1.807, 2.05) is 0 Å². The van der Waals surface area contributed by atoms with Crippen LogP contribution in [0.2, 0.25) is 18.1 Å². The van der Waals surface area contributed by atoms with Crippen LogP contribution >= 0.6 is 11.3 Å². The summed E-state index contributed by atoms with van der Waals surface area (Å²) in [6.07, 6.45) is 0. The number of sulfonamides is 1. The summed E-state index contributed by atoms with van der Waals surface area (Å²) in [7, 11) is -6.13. The largest absolute Gasteiger partial charge is 0.411 e. The van der Waals surface area contributed by atoms with E-state index in [1.54, 1.807) is 13.8 Å². The van der Waals surface area contributed by atoms with Gasteiger partial charge in [-0.25, -0.2) is 18.5 Å². The molecular formula is C16H30N2O6S2Si. The third-order valence-corrected chi connectivity index (χ3v) is 12.3. The van der Waals surface area contributed by atoms with Crippen LogP contribution in [-0.4, -0.2) is 45.8 Å². The van der Waals surface area contributed by atoms with E-state index < -0.39 is 29.7 Å². The van der Waals surface area contributed by atoms with Crippen LogP contribution in [0, 0.1) is 0 Å². The van der Waals surface area contributed by atoms with Crippen molar-refractivity contribution in [1.82, 2.24) is 4.98 Å². The van der Waals surface area contributed by atoms with E-state index in [-0.39, 0.29) is 39.8 Å². The Morgan fingerprint density at radius 3 is 2.26 bits per heavy atom. The molecule has 0 spiro atoms. The van der Waals surface area contributed by atoms with Gasteiger partial charge < -0.3 is 19.0 Å². The fraction of sp³-hybridized carbons (Fsp3) is 0.812. The van der Waals surface area contributed by atoms with E-state index in [9.17, 15) is 13.5 Å². The van der Waals surface area contributed by atoms with Gasteiger partial charge in [-0.2, -0.15) is 0 Å². The van der Waals surface area contributed by atoms with Gasteiger partial charge in [0.25, 0.3) is 0 Å². The molecule has 156 valence electrons. The number of thiazole rings is 1. The van der Waals surface area contributed by atoms with Gasteiger partial charge in [0.15, 0.2) is 23.9 Å². The number of nitrogens with two attached hydrogens (primary N) is 1. The molecule has 0 saturated carbocycles. The highest BCUT2D eigenvalue weighted by Gasteiger charge is 2.44. The van der Waals surface area contributed by atoms with Crippen molar-refractivity contribution in [2.24, 2.45) is 5.14 Å². The van der Waals surface area contributed by atoms with E-state index >= 15 is 0 Å². The van der Waals surface area contributed by atoms with Crippen molar-refractivity contribution in [2.45, 2.75) is 75.0 Å². The molecule has 2 heterocycles. The molecule has 0 bridgehead atoms. The summed E-state index contributed by atoms with van der Waals surface area (Å²) in [5, 5.41) is 16.4. The molecule has 0 unspecified atom stereocenters. The van der Waals surface area contributed by atoms with Gasteiger partial charge in [0.1, 0.15) is 5.01 Å². The maximum absolute atomic E-state index is 12.0. The minimum Gasteiger partial charge on any atom is -0.411 e. The van der Waals surface area contributed by atoms with Crippen LogP contribution < -0.4 is 5.14 Å². The molecule has 1 aromatic heterocycles. The zero-order valence-corrected chi connectivity index (χ0v) is 19.6. The Kier molecular flexibility index (Phi) is 6.04. The molecule has 3 N–H and O–H groups in total. The number of ether oxygens (including phenoxy) is 2. The monoisotopic (exact) mass is 438 g/mol. The second-order valence-electron chi connectivity index (χ2n) is 8.86. The Hall–Kier alpha value is -0.403. The average molecular weight is 439 g/mol. The minimum absolute atomic E-state index is 0.0159. The molecule has 8 nitrogen and oxygen atoms in total. The third-order valence-electron chi connectivity index (χ3n) is 5.01. The molecule has 0 radical (unpaired) electrons. The van der Waals surface area contributed by atoms with Crippen molar-refractivity contribution in [3.05, 3.63) is 10.7 Å². The van der Waals surface area contributed by atoms with Crippen LogP contribution in [-0.2, 0) is 36.1 Å².